The SMILES string of the molecule is O=C(CCc1cccc(Br)c1)NCC(O)C1CC1. The Morgan fingerprint density at radius 2 is 2.28 bits per heavy atom. The zero-order valence-corrected chi connectivity index (χ0v) is 11.8. The first-order valence-electron chi connectivity index (χ1n) is 6.34. The van der Waals surface area contributed by atoms with Crippen LogP contribution in [0, 0.1) is 5.92 Å². The van der Waals surface area contributed by atoms with E-state index in [1.807, 2.05) is 24.3 Å². The number of benzene rings is 1. The standard InChI is InChI=1S/C14H18BrNO2/c15-12-3-1-2-10(8-12)4-7-14(18)16-9-13(17)11-5-6-11/h1-3,8,11,13,17H,4-7,9H2,(H,16,18). The highest BCUT2D eigenvalue weighted by molar-refractivity contribution is 9.10. The molecule has 98 valence electrons. The molecule has 3 nitrogen and oxygen atoms in total. The summed E-state index contributed by atoms with van der Waals surface area (Å²) in [6.07, 6.45) is 3.02. The maximum Gasteiger partial charge on any atom is 0.220 e. The summed E-state index contributed by atoms with van der Waals surface area (Å²) >= 11 is 3.41. The highest BCUT2D eigenvalue weighted by Gasteiger charge is 2.29. The Bertz CT molecular complexity index is 418. The fourth-order valence-corrected chi connectivity index (χ4v) is 2.35. The van der Waals surface area contributed by atoms with Gasteiger partial charge in [-0.05, 0) is 42.9 Å². The minimum Gasteiger partial charge on any atom is -0.391 e. The second-order valence-electron chi connectivity index (χ2n) is 4.84. The van der Waals surface area contributed by atoms with Crippen LogP contribution in [0.15, 0.2) is 28.7 Å². The van der Waals surface area contributed by atoms with E-state index in [1.54, 1.807) is 0 Å². The highest BCUT2D eigenvalue weighted by Crippen LogP contribution is 2.32. The summed E-state index contributed by atoms with van der Waals surface area (Å²) in [6, 6.07) is 7.97. The van der Waals surface area contributed by atoms with Crippen molar-refractivity contribution in [3.05, 3.63) is 34.3 Å². The lowest BCUT2D eigenvalue weighted by Gasteiger charge is -2.10. The van der Waals surface area contributed by atoms with Crippen molar-refractivity contribution >= 4 is 21.8 Å². The van der Waals surface area contributed by atoms with E-state index in [0.717, 1.165) is 29.3 Å². The summed E-state index contributed by atoms with van der Waals surface area (Å²) in [5, 5.41) is 12.4. The first kappa shape index (κ1) is 13.6. The van der Waals surface area contributed by atoms with Crippen molar-refractivity contribution in [1.29, 1.82) is 0 Å². The minimum absolute atomic E-state index is 0.00896. The van der Waals surface area contributed by atoms with Crippen LogP contribution in [0.3, 0.4) is 0 Å². The Balaban J connectivity index is 1.67. The summed E-state index contributed by atoms with van der Waals surface area (Å²) in [5.74, 6) is 0.421. The number of carbonyl (C=O) groups excluding carboxylic acids is 1. The molecule has 0 spiro atoms. The normalized spacial score (nSPS) is 16.3. The lowest BCUT2D eigenvalue weighted by Crippen LogP contribution is -2.33. The van der Waals surface area contributed by atoms with Crippen molar-refractivity contribution < 1.29 is 9.90 Å². The van der Waals surface area contributed by atoms with Crippen LogP contribution in [0.5, 0.6) is 0 Å². The number of carbonyl (C=O) groups is 1. The van der Waals surface area contributed by atoms with Crippen LogP contribution in [-0.4, -0.2) is 23.7 Å². The molecule has 1 amide bonds. The third-order valence-corrected chi connectivity index (χ3v) is 3.70. The Morgan fingerprint density at radius 3 is 2.94 bits per heavy atom. The van der Waals surface area contributed by atoms with Crippen molar-refractivity contribution in [2.75, 3.05) is 6.54 Å². The van der Waals surface area contributed by atoms with Crippen molar-refractivity contribution in [3.63, 3.8) is 0 Å². The number of aliphatic hydroxyl groups excluding tert-OH is 1. The number of aliphatic hydroxyl groups is 1. The van der Waals surface area contributed by atoms with Crippen LogP contribution in [0.4, 0.5) is 0 Å². The van der Waals surface area contributed by atoms with Crippen LogP contribution in [0.2, 0.25) is 0 Å². The Labute approximate surface area is 116 Å². The van der Waals surface area contributed by atoms with Gasteiger partial charge in [0.25, 0.3) is 0 Å². The molecule has 1 saturated carbocycles. The first-order valence-corrected chi connectivity index (χ1v) is 7.13. The molecule has 1 unspecified atom stereocenters. The van der Waals surface area contributed by atoms with Crippen molar-refractivity contribution in [3.8, 4) is 0 Å². The van der Waals surface area contributed by atoms with Gasteiger partial charge in [-0.15, -0.1) is 0 Å². The van der Waals surface area contributed by atoms with E-state index < -0.39 is 0 Å². The fourth-order valence-electron chi connectivity index (χ4n) is 1.90. The molecule has 1 fully saturated rings. The van der Waals surface area contributed by atoms with Crippen LogP contribution < -0.4 is 5.32 Å². The van der Waals surface area contributed by atoms with Gasteiger partial charge in [-0.1, -0.05) is 28.1 Å². The molecule has 2 N–H and O–H groups in total. The number of halogens is 1. The van der Waals surface area contributed by atoms with Gasteiger partial charge in [-0.2, -0.15) is 0 Å². The second-order valence-corrected chi connectivity index (χ2v) is 5.75. The number of hydrogen-bond acceptors (Lipinski definition) is 2. The van der Waals surface area contributed by atoms with E-state index in [0.29, 0.717) is 18.9 Å². The average Bonchev–Trinajstić information content (AvgIpc) is 3.17. The lowest BCUT2D eigenvalue weighted by molar-refractivity contribution is -0.121. The molecule has 4 heteroatoms. The molecule has 1 atom stereocenters. The summed E-state index contributed by atoms with van der Waals surface area (Å²) in [7, 11) is 0. The maximum absolute atomic E-state index is 11.6. The van der Waals surface area contributed by atoms with Crippen LogP contribution in [0.25, 0.3) is 0 Å². The first-order chi connectivity index (χ1) is 8.65. The molecular weight excluding hydrogens is 294 g/mol. The molecule has 18 heavy (non-hydrogen) atoms. The van der Waals surface area contributed by atoms with Gasteiger partial charge in [-0.3, -0.25) is 4.79 Å². The number of nitrogens with one attached hydrogen (secondary N) is 1. The van der Waals surface area contributed by atoms with Crippen LogP contribution in [0.1, 0.15) is 24.8 Å². The van der Waals surface area contributed by atoms with Gasteiger partial charge in [0.05, 0.1) is 6.10 Å². The van der Waals surface area contributed by atoms with Gasteiger partial charge in [0, 0.05) is 17.4 Å². The third kappa shape index (κ3) is 4.42. The van der Waals surface area contributed by atoms with Gasteiger partial charge < -0.3 is 10.4 Å². The molecule has 2 rings (SSSR count). The van der Waals surface area contributed by atoms with E-state index in [2.05, 4.69) is 21.2 Å². The third-order valence-electron chi connectivity index (χ3n) is 3.20. The molecule has 1 aromatic carbocycles. The molecule has 0 saturated heterocycles. The van der Waals surface area contributed by atoms with Crippen molar-refractivity contribution in [2.45, 2.75) is 31.8 Å². The summed E-state index contributed by atoms with van der Waals surface area (Å²) < 4.78 is 1.03. The quantitative estimate of drug-likeness (QED) is 0.846. The highest BCUT2D eigenvalue weighted by atomic mass is 79.9. The predicted molar refractivity (Wildman–Crippen MR) is 74.2 cm³/mol. The summed E-state index contributed by atoms with van der Waals surface area (Å²) in [4.78, 5) is 11.6. The second kappa shape index (κ2) is 6.34. The number of amides is 1. The zero-order chi connectivity index (χ0) is 13.0. The number of rotatable bonds is 6. The summed E-state index contributed by atoms with van der Waals surface area (Å²) in [6.45, 7) is 0.391. The molecular formula is C14H18BrNO2. The van der Waals surface area contributed by atoms with Gasteiger partial charge in [0.2, 0.25) is 5.91 Å². The predicted octanol–water partition coefficient (Wildman–Crippen LogP) is 2.27. The maximum atomic E-state index is 11.6. The van der Waals surface area contributed by atoms with Crippen molar-refractivity contribution in [2.24, 2.45) is 5.92 Å². The van der Waals surface area contributed by atoms with Crippen LogP contribution in [-0.2, 0) is 11.2 Å². The summed E-state index contributed by atoms with van der Waals surface area (Å²) in [5.41, 5.74) is 1.14. The molecule has 0 aromatic heterocycles. The van der Waals surface area contributed by atoms with Crippen LogP contribution >= 0.6 is 15.9 Å². The molecule has 1 aliphatic carbocycles. The van der Waals surface area contributed by atoms with Gasteiger partial charge in [0.15, 0.2) is 0 Å². The van der Waals surface area contributed by atoms with E-state index >= 15 is 0 Å². The zero-order valence-electron chi connectivity index (χ0n) is 10.2. The van der Waals surface area contributed by atoms with E-state index in [4.69, 9.17) is 0 Å². The molecule has 0 radical (unpaired) electrons. The largest absolute Gasteiger partial charge is 0.391 e. The topological polar surface area (TPSA) is 49.3 Å². The molecule has 0 bridgehead atoms. The van der Waals surface area contributed by atoms with E-state index in [9.17, 15) is 9.90 Å². The number of hydrogen-bond donors (Lipinski definition) is 2. The Morgan fingerprint density at radius 1 is 1.50 bits per heavy atom. The fraction of sp³-hybridized carbons (Fsp3) is 0.500. The molecule has 1 aliphatic rings. The molecule has 0 heterocycles. The minimum atomic E-state index is -0.361. The average molecular weight is 312 g/mol. The van der Waals surface area contributed by atoms with Crippen molar-refractivity contribution in [1.82, 2.24) is 5.32 Å². The molecule has 0 aliphatic heterocycles. The van der Waals surface area contributed by atoms with Gasteiger partial charge in [0.1, 0.15) is 0 Å². The van der Waals surface area contributed by atoms with E-state index in [-0.39, 0.29) is 12.0 Å². The Kier molecular flexibility index (Phi) is 4.78. The molecule has 1 aromatic rings. The lowest BCUT2D eigenvalue weighted by atomic mass is 10.1. The number of aryl methyl sites for hydroxylation is 1. The van der Waals surface area contributed by atoms with Gasteiger partial charge in [-0.25, -0.2) is 0 Å². The van der Waals surface area contributed by atoms with Gasteiger partial charge >= 0.3 is 0 Å². The van der Waals surface area contributed by atoms with E-state index in [1.165, 1.54) is 0 Å². The monoisotopic (exact) mass is 311 g/mol. The Hall–Kier alpha value is -0.870. The smallest absolute Gasteiger partial charge is 0.220 e.